The van der Waals surface area contributed by atoms with Gasteiger partial charge in [0.2, 0.25) is 5.91 Å². The molecule has 7 nitrogen and oxygen atoms in total. The Morgan fingerprint density at radius 1 is 0.471 bits per heavy atom. The van der Waals surface area contributed by atoms with Gasteiger partial charge >= 0.3 is 0 Å². The van der Waals surface area contributed by atoms with Crippen molar-refractivity contribution in [3.05, 3.63) is 0 Å². The fourth-order valence-corrected chi connectivity index (χ4v) is 4.13. The fourth-order valence-electron chi connectivity index (χ4n) is 4.13. The molecule has 0 aliphatic rings. The number of likely N-dealkylation sites (N-methyl/N-ethyl adjacent to an activating group) is 4. The lowest BCUT2D eigenvalue weighted by atomic mass is 10.1. The summed E-state index contributed by atoms with van der Waals surface area (Å²) in [4.78, 5) is 20.9. The van der Waals surface area contributed by atoms with E-state index in [1.807, 2.05) is 0 Å². The fraction of sp³-hybridized carbons (Fsp3) is 0.976. The van der Waals surface area contributed by atoms with E-state index in [9.17, 15) is 4.79 Å². The van der Waals surface area contributed by atoms with E-state index in [1.54, 1.807) is 0 Å². The first-order chi connectivity index (χ1) is 20.9. The highest BCUT2D eigenvalue weighted by atomic mass is 16.1. The maximum absolute atomic E-state index is 11.4. The molecule has 2 N–H and O–H groups in total. The molecule has 10 heteroatoms. The molecule has 0 aromatic rings. The Balaban J connectivity index is -0.0000000701. The standard InChI is InChI=1S/C13H28N2O.C13H30N2.C12H28N2.3CH4.3B/c1-11(2)7-6-8-13(16)14-9-10-15(5)12(3)4;1-12(2)8-7-9-14(5)10-11-15(6)13(3)4;1-11(2)7-6-8-13-9-10-14(5)12(3)4;;;;;;/h11-12H,6-10H2,1-5H3,(H,14,16);12-13H,7-11H2,1-6H3;11-13H,6-10H2,1-5H3;3*1H4;;;. The summed E-state index contributed by atoms with van der Waals surface area (Å²) in [7, 11) is 8.69. The molecular weight excluding hydrogens is 625 g/mol. The molecule has 0 aromatic heterocycles. The molecule has 0 rings (SSSR count). The summed E-state index contributed by atoms with van der Waals surface area (Å²) >= 11 is 0. The number of hydrogen-bond donors (Lipinski definition) is 2. The van der Waals surface area contributed by atoms with E-state index in [0.717, 1.165) is 50.9 Å². The molecule has 51 heavy (non-hydrogen) atoms. The van der Waals surface area contributed by atoms with Crippen LogP contribution in [0, 0.1) is 17.8 Å². The lowest BCUT2D eigenvalue weighted by molar-refractivity contribution is -0.121. The molecular formula is C41H98B3N6O. The third-order valence-corrected chi connectivity index (χ3v) is 8.55. The Hall–Kier alpha value is -0.535. The van der Waals surface area contributed by atoms with Crippen LogP contribution in [0.1, 0.15) is 150 Å². The van der Waals surface area contributed by atoms with Crippen molar-refractivity contribution in [3.8, 4) is 0 Å². The summed E-state index contributed by atoms with van der Waals surface area (Å²) in [6, 6.07) is 1.86. The zero-order chi connectivity index (χ0) is 35.4. The van der Waals surface area contributed by atoms with E-state index in [0.29, 0.717) is 30.5 Å². The van der Waals surface area contributed by atoms with Crippen molar-refractivity contribution in [1.82, 2.24) is 30.2 Å². The summed E-state index contributed by atoms with van der Waals surface area (Å²) in [5, 5.41) is 6.45. The summed E-state index contributed by atoms with van der Waals surface area (Å²) < 4.78 is 0. The minimum absolute atomic E-state index is 0. The largest absolute Gasteiger partial charge is 0.355 e. The van der Waals surface area contributed by atoms with Crippen molar-refractivity contribution in [2.24, 2.45) is 17.8 Å². The predicted octanol–water partition coefficient (Wildman–Crippen LogP) is 8.08. The van der Waals surface area contributed by atoms with Gasteiger partial charge in [0.1, 0.15) is 0 Å². The molecule has 0 spiro atoms. The topological polar surface area (TPSA) is 54.1 Å². The van der Waals surface area contributed by atoms with Crippen LogP contribution in [0.2, 0.25) is 0 Å². The van der Waals surface area contributed by atoms with E-state index < -0.39 is 0 Å². The molecule has 307 valence electrons. The highest BCUT2D eigenvalue weighted by Crippen LogP contribution is 2.06. The molecule has 0 heterocycles. The minimum Gasteiger partial charge on any atom is -0.355 e. The van der Waals surface area contributed by atoms with Crippen LogP contribution in [0.4, 0.5) is 0 Å². The van der Waals surface area contributed by atoms with Crippen molar-refractivity contribution in [1.29, 1.82) is 0 Å². The lowest BCUT2D eigenvalue weighted by Gasteiger charge is -2.24. The second-order valence-corrected chi connectivity index (χ2v) is 15.5. The summed E-state index contributed by atoms with van der Waals surface area (Å²) in [5.41, 5.74) is 0. The zero-order valence-electron chi connectivity index (χ0n) is 35.5. The van der Waals surface area contributed by atoms with Gasteiger partial charge in [0, 0.05) is 89.1 Å². The highest BCUT2D eigenvalue weighted by molar-refractivity contribution is 5.76. The molecule has 0 aliphatic heterocycles. The molecule has 0 saturated carbocycles. The van der Waals surface area contributed by atoms with E-state index in [-0.39, 0.29) is 53.4 Å². The van der Waals surface area contributed by atoms with Crippen LogP contribution in [-0.4, -0.2) is 149 Å². The Morgan fingerprint density at radius 3 is 1.25 bits per heavy atom. The van der Waals surface area contributed by atoms with Gasteiger partial charge in [0.05, 0.1) is 0 Å². The number of carbonyl (C=O) groups excluding carboxylic acids is 1. The van der Waals surface area contributed by atoms with Crippen molar-refractivity contribution >= 4 is 31.1 Å². The summed E-state index contributed by atoms with van der Waals surface area (Å²) in [6.07, 6.45) is 8.15. The molecule has 0 fully saturated rings. The Morgan fingerprint density at radius 2 is 0.843 bits per heavy atom. The summed E-state index contributed by atoms with van der Waals surface area (Å²) in [5.74, 6) is 2.57. The monoisotopic (exact) mass is 724 g/mol. The van der Waals surface area contributed by atoms with Crippen LogP contribution in [0.15, 0.2) is 0 Å². The van der Waals surface area contributed by atoms with Crippen molar-refractivity contribution in [3.63, 3.8) is 0 Å². The van der Waals surface area contributed by atoms with E-state index >= 15 is 0 Å². The number of carbonyl (C=O) groups is 1. The number of hydrogen-bond acceptors (Lipinski definition) is 6. The third-order valence-electron chi connectivity index (χ3n) is 8.55. The first kappa shape index (κ1) is 71.8. The molecule has 0 atom stereocenters. The molecule has 0 bridgehead atoms. The van der Waals surface area contributed by atoms with Crippen LogP contribution in [0.5, 0.6) is 0 Å². The first-order valence-corrected chi connectivity index (χ1v) is 18.7. The number of nitrogens with one attached hydrogen (secondary N) is 2. The molecule has 0 saturated heterocycles. The van der Waals surface area contributed by atoms with Crippen LogP contribution in [-0.2, 0) is 4.79 Å². The number of nitrogens with zero attached hydrogens (tertiary/aromatic N) is 4. The van der Waals surface area contributed by atoms with Crippen LogP contribution < -0.4 is 10.6 Å². The van der Waals surface area contributed by atoms with Crippen molar-refractivity contribution in [2.75, 3.05) is 80.5 Å². The second-order valence-electron chi connectivity index (χ2n) is 15.5. The van der Waals surface area contributed by atoms with Gasteiger partial charge in [-0.05, 0) is 133 Å². The van der Waals surface area contributed by atoms with E-state index in [1.165, 1.54) is 51.9 Å². The van der Waals surface area contributed by atoms with Gasteiger partial charge in [0.25, 0.3) is 0 Å². The van der Waals surface area contributed by atoms with Crippen molar-refractivity contribution < 1.29 is 4.79 Å². The van der Waals surface area contributed by atoms with Gasteiger partial charge in [-0.15, -0.1) is 0 Å². The second kappa shape index (κ2) is 47.5. The van der Waals surface area contributed by atoms with Crippen LogP contribution in [0.25, 0.3) is 0 Å². The zero-order valence-corrected chi connectivity index (χ0v) is 35.5. The Bertz CT molecular complexity index is 641. The normalized spacial score (nSPS) is 10.5. The Labute approximate surface area is 332 Å². The average Bonchev–Trinajstić information content (AvgIpc) is 2.93. The maximum atomic E-state index is 11.4. The van der Waals surface area contributed by atoms with Crippen molar-refractivity contribution in [2.45, 2.75) is 168 Å². The van der Waals surface area contributed by atoms with Gasteiger partial charge in [-0.3, -0.25) is 4.79 Å². The van der Waals surface area contributed by atoms with Gasteiger partial charge in [0.15, 0.2) is 0 Å². The van der Waals surface area contributed by atoms with E-state index in [4.69, 9.17) is 0 Å². The number of rotatable bonds is 24. The average molecular weight is 724 g/mol. The molecule has 0 unspecified atom stereocenters. The van der Waals surface area contributed by atoms with Crippen LogP contribution in [0.3, 0.4) is 0 Å². The smallest absolute Gasteiger partial charge is 0.220 e. The quantitative estimate of drug-likeness (QED) is 0.0777. The SMILES string of the molecule is C.C.C.CC(C)CCCC(=O)NCCN(C)C(C)C.CC(C)CCCN(C)CCN(C)C(C)C.CC(C)CCCNCCN(C)C(C)C.[B].[B].[B]. The minimum atomic E-state index is 0. The third kappa shape index (κ3) is 59.0. The van der Waals surface area contributed by atoms with Gasteiger partial charge in [-0.2, -0.15) is 0 Å². The molecule has 9 radical (unpaired) electrons. The van der Waals surface area contributed by atoms with Gasteiger partial charge in [-0.1, -0.05) is 70.2 Å². The Kier molecular flexibility index (Phi) is 66.9. The van der Waals surface area contributed by atoms with Gasteiger partial charge in [-0.25, -0.2) is 0 Å². The van der Waals surface area contributed by atoms with E-state index in [2.05, 4.69) is 142 Å². The molecule has 1 amide bonds. The van der Waals surface area contributed by atoms with Crippen LogP contribution >= 0.6 is 0 Å². The highest BCUT2D eigenvalue weighted by Gasteiger charge is 2.06. The summed E-state index contributed by atoms with van der Waals surface area (Å²) in [6.45, 7) is 35.6. The van der Waals surface area contributed by atoms with Gasteiger partial charge < -0.3 is 30.2 Å². The maximum Gasteiger partial charge on any atom is 0.220 e. The number of amides is 1. The molecule has 0 aromatic carbocycles. The lowest BCUT2D eigenvalue weighted by Crippen LogP contribution is -2.36. The molecule has 0 aliphatic carbocycles. The predicted molar refractivity (Wildman–Crippen MR) is 241 cm³/mol. The first-order valence-electron chi connectivity index (χ1n) is 18.7.